The van der Waals surface area contributed by atoms with E-state index in [1.165, 1.54) is 6.07 Å². The third kappa shape index (κ3) is 3.49. The van der Waals surface area contributed by atoms with Crippen LogP contribution in [-0.2, 0) is 16.8 Å². The van der Waals surface area contributed by atoms with Crippen LogP contribution in [0.2, 0.25) is 0 Å². The molecular weight excluding hydrogens is 228 g/mol. The fourth-order valence-electron chi connectivity index (χ4n) is 1.67. The van der Waals surface area contributed by atoms with Gasteiger partial charge in [0, 0.05) is 6.54 Å². The van der Waals surface area contributed by atoms with Crippen LogP contribution in [0.5, 0.6) is 5.75 Å². The summed E-state index contributed by atoms with van der Waals surface area (Å²) >= 11 is 0. The van der Waals surface area contributed by atoms with Crippen LogP contribution in [0.25, 0.3) is 0 Å². The van der Waals surface area contributed by atoms with E-state index in [4.69, 9.17) is 10.00 Å². The van der Waals surface area contributed by atoms with Gasteiger partial charge >= 0.3 is 5.91 Å². The van der Waals surface area contributed by atoms with Crippen molar-refractivity contribution < 1.29 is 9.53 Å². The van der Waals surface area contributed by atoms with Gasteiger partial charge in [-0.3, -0.25) is 4.79 Å². The summed E-state index contributed by atoms with van der Waals surface area (Å²) in [5, 5.41) is 10.9. The van der Waals surface area contributed by atoms with Crippen molar-refractivity contribution >= 4 is 5.91 Å². The maximum Gasteiger partial charge on any atom is 0.322 e. The van der Waals surface area contributed by atoms with Crippen LogP contribution in [0.4, 0.5) is 0 Å². The fraction of sp³-hybridized carbons (Fsp3) is 0.429. The molecule has 4 heteroatoms. The number of carbonyl (C=O) groups excluding carboxylic acids is 1. The second-order valence-corrected chi connectivity index (χ2v) is 5.08. The number of hydrogen-bond acceptors (Lipinski definition) is 3. The van der Waals surface area contributed by atoms with Crippen molar-refractivity contribution in [1.29, 1.82) is 5.26 Å². The van der Waals surface area contributed by atoms with E-state index >= 15 is 0 Å². The van der Waals surface area contributed by atoms with Crippen LogP contribution in [-0.4, -0.2) is 13.0 Å². The maximum atomic E-state index is 10.9. The zero-order valence-electron chi connectivity index (χ0n) is 11.2. The molecule has 0 spiro atoms. The Hall–Kier alpha value is -2.02. The molecule has 0 fully saturated rings. The molecule has 0 radical (unpaired) electrons. The highest BCUT2D eigenvalue weighted by atomic mass is 16.5. The molecule has 0 bridgehead atoms. The molecule has 0 heterocycles. The van der Waals surface area contributed by atoms with Crippen LogP contribution < -0.4 is 10.1 Å². The van der Waals surface area contributed by atoms with Gasteiger partial charge in [-0.05, 0) is 28.7 Å². The van der Waals surface area contributed by atoms with Crippen molar-refractivity contribution in [3.8, 4) is 11.8 Å². The number of methoxy groups -OCH3 is 1. The summed E-state index contributed by atoms with van der Waals surface area (Å²) in [5.74, 6) is 0.209. The Morgan fingerprint density at radius 1 is 1.44 bits per heavy atom. The fourth-order valence-corrected chi connectivity index (χ4v) is 1.67. The molecule has 1 amide bonds. The number of amides is 1. The summed E-state index contributed by atoms with van der Waals surface area (Å²) < 4.78 is 5.33. The van der Waals surface area contributed by atoms with Crippen molar-refractivity contribution in [1.82, 2.24) is 5.32 Å². The first-order chi connectivity index (χ1) is 8.38. The molecule has 1 aromatic rings. The van der Waals surface area contributed by atoms with E-state index in [1.807, 2.05) is 18.2 Å². The predicted octanol–water partition coefficient (Wildman–Crippen LogP) is 2.13. The first-order valence-corrected chi connectivity index (χ1v) is 5.74. The van der Waals surface area contributed by atoms with Gasteiger partial charge in [-0.2, -0.15) is 5.26 Å². The normalized spacial score (nSPS) is 10.6. The van der Waals surface area contributed by atoms with Gasteiger partial charge in [0.2, 0.25) is 0 Å². The molecule has 1 aromatic carbocycles. The van der Waals surface area contributed by atoms with Crippen molar-refractivity contribution in [2.45, 2.75) is 32.7 Å². The lowest BCUT2D eigenvalue weighted by Gasteiger charge is -2.23. The highest BCUT2D eigenvalue weighted by Crippen LogP contribution is 2.31. The van der Waals surface area contributed by atoms with Crippen LogP contribution in [0.1, 0.15) is 31.9 Å². The molecule has 4 nitrogen and oxygen atoms in total. The Kier molecular flexibility index (Phi) is 4.33. The molecule has 0 aliphatic heterocycles. The summed E-state index contributed by atoms with van der Waals surface area (Å²) in [7, 11) is 1.64. The van der Waals surface area contributed by atoms with Gasteiger partial charge in [-0.1, -0.05) is 26.8 Å². The largest absolute Gasteiger partial charge is 0.496 e. The van der Waals surface area contributed by atoms with E-state index in [-0.39, 0.29) is 5.41 Å². The number of hydrogen-bond donors (Lipinski definition) is 1. The predicted molar refractivity (Wildman–Crippen MR) is 69.2 cm³/mol. The van der Waals surface area contributed by atoms with Crippen LogP contribution in [0, 0.1) is 11.3 Å². The lowest BCUT2D eigenvalue weighted by Crippen LogP contribution is -2.21. The summed E-state index contributed by atoms with van der Waals surface area (Å²) in [6.45, 7) is 6.65. The van der Waals surface area contributed by atoms with E-state index < -0.39 is 5.91 Å². The SMILES string of the molecule is COc1ccc(CNC(=O)C#N)cc1C(C)(C)C. The van der Waals surface area contributed by atoms with Gasteiger partial charge in [-0.25, -0.2) is 0 Å². The molecule has 0 aliphatic rings. The van der Waals surface area contributed by atoms with Gasteiger partial charge in [0.05, 0.1) is 7.11 Å². The Labute approximate surface area is 108 Å². The monoisotopic (exact) mass is 246 g/mol. The summed E-state index contributed by atoms with van der Waals surface area (Å²) in [6.07, 6.45) is 0. The van der Waals surface area contributed by atoms with E-state index in [0.29, 0.717) is 6.54 Å². The maximum absolute atomic E-state index is 10.9. The zero-order chi connectivity index (χ0) is 13.8. The van der Waals surface area contributed by atoms with Crippen LogP contribution in [0.3, 0.4) is 0 Å². The third-order valence-electron chi connectivity index (χ3n) is 2.63. The topological polar surface area (TPSA) is 62.1 Å². The third-order valence-corrected chi connectivity index (χ3v) is 2.63. The van der Waals surface area contributed by atoms with E-state index in [2.05, 4.69) is 26.1 Å². The Morgan fingerprint density at radius 3 is 2.61 bits per heavy atom. The molecular formula is C14H18N2O2. The molecule has 0 unspecified atom stereocenters. The zero-order valence-corrected chi connectivity index (χ0v) is 11.2. The number of carbonyl (C=O) groups is 1. The van der Waals surface area contributed by atoms with Gasteiger partial charge in [0.15, 0.2) is 6.07 Å². The first-order valence-electron chi connectivity index (χ1n) is 5.74. The number of rotatable bonds is 3. The number of nitrogens with zero attached hydrogens (tertiary/aromatic N) is 1. The van der Waals surface area contributed by atoms with Crippen molar-refractivity contribution in [2.24, 2.45) is 0 Å². The molecule has 18 heavy (non-hydrogen) atoms. The smallest absolute Gasteiger partial charge is 0.322 e. The lowest BCUT2D eigenvalue weighted by atomic mass is 9.85. The van der Waals surface area contributed by atoms with Crippen molar-refractivity contribution in [3.05, 3.63) is 29.3 Å². The summed E-state index contributed by atoms with van der Waals surface area (Å²) in [4.78, 5) is 10.9. The minimum atomic E-state index is -0.622. The molecule has 1 rings (SSSR count). The van der Waals surface area contributed by atoms with Gasteiger partial charge in [0.1, 0.15) is 5.75 Å². The second kappa shape index (κ2) is 5.54. The molecule has 0 saturated heterocycles. The number of benzene rings is 1. The average molecular weight is 246 g/mol. The van der Waals surface area contributed by atoms with E-state index in [0.717, 1.165) is 16.9 Å². The standard InChI is InChI=1S/C14H18N2O2/c1-14(2,3)11-7-10(5-6-12(11)18-4)9-16-13(17)8-15/h5-7H,9H2,1-4H3,(H,16,17). The van der Waals surface area contributed by atoms with Gasteiger partial charge in [-0.15, -0.1) is 0 Å². The quantitative estimate of drug-likeness (QED) is 0.831. The summed E-state index contributed by atoms with van der Waals surface area (Å²) in [6, 6.07) is 7.29. The number of ether oxygens (including phenoxy) is 1. The summed E-state index contributed by atoms with van der Waals surface area (Å²) in [5.41, 5.74) is 1.98. The highest BCUT2D eigenvalue weighted by molar-refractivity contribution is 5.91. The molecule has 1 N–H and O–H groups in total. The second-order valence-electron chi connectivity index (χ2n) is 5.08. The van der Waals surface area contributed by atoms with Crippen molar-refractivity contribution in [3.63, 3.8) is 0 Å². The van der Waals surface area contributed by atoms with Crippen LogP contribution in [0.15, 0.2) is 18.2 Å². The van der Waals surface area contributed by atoms with Gasteiger partial charge < -0.3 is 10.1 Å². The van der Waals surface area contributed by atoms with E-state index in [9.17, 15) is 4.79 Å². The average Bonchev–Trinajstić information content (AvgIpc) is 2.34. The highest BCUT2D eigenvalue weighted by Gasteiger charge is 2.19. The molecule has 0 aromatic heterocycles. The molecule has 0 atom stereocenters. The lowest BCUT2D eigenvalue weighted by molar-refractivity contribution is -0.116. The number of nitriles is 1. The van der Waals surface area contributed by atoms with Gasteiger partial charge in [0.25, 0.3) is 0 Å². The van der Waals surface area contributed by atoms with Crippen LogP contribution >= 0.6 is 0 Å². The first kappa shape index (κ1) is 14.0. The molecule has 0 saturated carbocycles. The Balaban J connectivity index is 2.97. The minimum Gasteiger partial charge on any atom is -0.496 e. The van der Waals surface area contributed by atoms with Crippen molar-refractivity contribution in [2.75, 3.05) is 7.11 Å². The van der Waals surface area contributed by atoms with E-state index in [1.54, 1.807) is 7.11 Å². The Bertz CT molecular complexity index is 482. The molecule has 0 aliphatic carbocycles. The Morgan fingerprint density at radius 2 is 2.11 bits per heavy atom. The molecule has 96 valence electrons. The number of nitrogens with one attached hydrogen (secondary N) is 1. The minimum absolute atomic E-state index is 0.0411.